The third-order valence-electron chi connectivity index (χ3n) is 2.81. The van der Waals surface area contributed by atoms with Crippen LogP contribution in [0, 0.1) is 0 Å². The van der Waals surface area contributed by atoms with Gasteiger partial charge in [-0.3, -0.25) is 9.59 Å². The van der Waals surface area contributed by atoms with E-state index in [4.69, 9.17) is 0 Å². The summed E-state index contributed by atoms with van der Waals surface area (Å²) in [4.78, 5) is 26.3. The van der Waals surface area contributed by atoms with Gasteiger partial charge in [0, 0.05) is 13.1 Å². The average Bonchev–Trinajstić information content (AvgIpc) is 2.89. The van der Waals surface area contributed by atoms with Crippen LogP contribution >= 0.6 is 0 Å². The van der Waals surface area contributed by atoms with Crippen LogP contribution in [0.4, 0.5) is 0 Å². The first kappa shape index (κ1) is 15.3. The summed E-state index contributed by atoms with van der Waals surface area (Å²) in [7, 11) is 0. The summed E-state index contributed by atoms with van der Waals surface area (Å²) >= 11 is 0. The molecule has 0 unspecified atom stereocenters. The highest BCUT2D eigenvalue weighted by atomic mass is 16.2. The van der Waals surface area contributed by atoms with Crippen molar-refractivity contribution in [2.75, 3.05) is 13.1 Å². The summed E-state index contributed by atoms with van der Waals surface area (Å²) in [6, 6.07) is 3.27. The van der Waals surface area contributed by atoms with E-state index in [1.807, 2.05) is 0 Å². The smallest absolute Gasteiger partial charge is 0.267 e. The van der Waals surface area contributed by atoms with Crippen LogP contribution in [0.15, 0.2) is 12.1 Å². The molecule has 0 spiro atoms. The predicted molar refractivity (Wildman–Crippen MR) is 75.3 cm³/mol. The van der Waals surface area contributed by atoms with Crippen LogP contribution in [0.3, 0.4) is 0 Å². The van der Waals surface area contributed by atoms with Crippen molar-refractivity contribution in [3.05, 3.63) is 23.5 Å². The van der Waals surface area contributed by atoms with Crippen LogP contribution in [0.2, 0.25) is 0 Å². The fraction of sp³-hybridized carbons (Fsp3) is 0.571. The maximum Gasteiger partial charge on any atom is 0.267 e. The van der Waals surface area contributed by atoms with Crippen molar-refractivity contribution in [3.8, 4) is 0 Å². The van der Waals surface area contributed by atoms with Crippen LogP contribution in [-0.2, 0) is 0 Å². The highest BCUT2D eigenvalue weighted by molar-refractivity contribution is 5.97. The largest absolute Gasteiger partial charge is 0.351 e. The van der Waals surface area contributed by atoms with E-state index >= 15 is 0 Å². The standard InChI is InChI=1S/C14H23N3O2/c1-3-5-9-15-13(18)11-7-8-12(17-11)14(19)16-10-6-4-2/h7-8,17H,3-6,9-10H2,1-2H3,(H,15,18)(H,16,19). The molecular weight excluding hydrogens is 242 g/mol. The maximum atomic E-state index is 11.7. The minimum Gasteiger partial charge on any atom is -0.351 e. The molecule has 0 radical (unpaired) electrons. The third kappa shape index (κ3) is 5.16. The lowest BCUT2D eigenvalue weighted by Gasteiger charge is -2.03. The van der Waals surface area contributed by atoms with Crippen LogP contribution in [0.25, 0.3) is 0 Å². The van der Waals surface area contributed by atoms with Crippen molar-refractivity contribution in [2.45, 2.75) is 39.5 Å². The van der Waals surface area contributed by atoms with Crippen molar-refractivity contribution in [1.82, 2.24) is 15.6 Å². The topological polar surface area (TPSA) is 74.0 Å². The van der Waals surface area contributed by atoms with Crippen molar-refractivity contribution >= 4 is 11.8 Å². The SMILES string of the molecule is CCCCNC(=O)c1ccc(C(=O)NCCCC)[nH]1. The van der Waals surface area contributed by atoms with E-state index in [0.717, 1.165) is 25.7 Å². The fourth-order valence-corrected chi connectivity index (χ4v) is 1.61. The quantitative estimate of drug-likeness (QED) is 0.629. The number of amides is 2. The fourth-order valence-electron chi connectivity index (χ4n) is 1.61. The summed E-state index contributed by atoms with van der Waals surface area (Å²) < 4.78 is 0. The zero-order valence-electron chi connectivity index (χ0n) is 11.7. The summed E-state index contributed by atoms with van der Waals surface area (Å²) in [6.45, 7) is 5.46. The van der Waals surface area contributed by atoms with E-state index in [1.54, 1.807) is 12.1 Å². The number of carbonyl (C=O) groups excluding carboxylic acids is 2. The first-order valence-corrected chi connectivity index (χ1v) is 6.94. The van der Waals surface area contributed by atoms with Crippen LogP contribution < -0.4 is 10.6 Å². The van der Waals surface area contributed by atoms with Crippen molar-refractivity contribution in [3.63, 3.8) is 0 Å². The van der Waals surface area contributed by atoms with Gasteiger partial charge in [0.25, 0.3) is 11.8 Å². The molecule has 0 fully saturated rings. The van der Waals surface area contributed by atoms with Crippen molar-refractivity contribution in [2.24, 2.45) is 0 Å². The number of H-pyrrole nitrogens is 1. The van der Waals surface area contributed by atoms with Crippen LogP contribution in [0.5, 0.6) is 0 Å². The second-order valence-corrected chi connectivity index (χ2v) is 4.50. The number of aromatic nitrogens is 1. The van der Waals surface area contributed by atoms with E-state index in [9.17, 15) is 9.59 Å². The number of carbonyl (C=O) groups is 2. The maximum absolute atomic E-state index is 11.7. The second-order valence-electron chi connectivity index (χ2n) is 4.50. The lowest BCUT2D eigenvalue weighted by Crippen LogP contribution is -2.26. The molecule has 0 saturated heterocycles. The summed E-state index contributed by atoms with van der Waals surface area (Å²) in [5, 5.41) is 5.61. The number of nitrogens with one attached hydrogen (secondary N) is 3. The van der Waals surface area contributed by atoms with E-state index in [2.05, 4.69) is 29.5 Å². The van der Waals surface area contributed by atoms with E-state index in [0.29, 0.717) is 24.5 Å². The summed E-state index contributed by atoms with van der Waals surface area (Å²) in [6.07, 6.45) is 3.99. The Balaban J connectivity index is 2.46. The monoisotopic (exact) mass is 265 g/mol. The molecule has 1 rings (SSSR count). The number of rotatable bonds is 8. The Morgan fingerprint density at radius 3 is 1.74 bits per heavy atom. The molecular formula is C14H23N3O2. The minimum atomic E-state index is -0.166. The molecule has 1 aromatic rings. The molecule has 0 atom stereocenters. The van der Waals surface area contributed by atoms with E-state index in [-0.39, 0.29) is 11.8 Å². The van der Waals surface area contributed by atoms with Crippen LogP contribution in [-0.4, -0.2) is 29.9 Å². The van der Waals surface area contributed by atoms with E-state index < -0.39 is 0 Å². The van der Waals surface area contributed by atoms with Gasteiger partial charge in [-0.1, -0.05) is 26.7 Å². The van der Waals surface area contributed by atoms with Gasteiger partial charge in [-0.15, -0.1) is 0 Å². The Kier molecular flexibility index (Phi) is 6.71. The average molecular weight is 265 g/mol. The van der Waals surface area contributed by atoms with Gasteiger partial charge in [-0.25, -0.2) is 0 Å². The molecule has 5 nitrogen and oxygen atoms in total. The summed E-state index contributed by atoms with van der Waals surface area (Å²) in [5.41, 5.74) is 0.855. The Labute approximate surface area is 114 Å². The molecule has 19 heavy (non-hydrogen) atoms. The van der Waals surface area contributed by atoms with Crippen molar-refractivity contribution < 1.29 is 9.59 Å². The molecule has 0 bridgehead atoms. The van der Waals surface area contributed by atoms with Gasteiger partial charge in [-0.2, -0.15) is 0 Å². The molecule has 0 aliphatic heterocycles. The second kappa shape index (κ2) is 8.34. The molecule has 0 aromatic carbocycles. The molecule has 3 N–H and O–H groups in total. The van der Waals surface area contributed by atoms with E-state index in [1.165, 1.54) is 0 Å². The first-order valence-electron chi connectivity index (χ1n) is 6.94. The molecule has 1 aromatic heterocycles. The van der Waals surface area contributed by atoms with Gasteiger partial charge in [0.15, 0.2) is 0 Å². The molecule has 0 aliphatic carbocycles. The lowest BCUT2D eigenvalue weighted by atomic mass is 10.3. The van der Waals surface area contributed by atoms with Gasteiger partial charge < -0.3 is 15.6 Å². The Morgan fingerprint density at radius 1 is 0.947 bits per heavy atom. The predicted octanol–water partition coefficient (Wildman–Crippen LogP) is 2.07. The molecule has 1 heterocycles. The zero-order valence-corrected chi connectivity index (χ0v) is 11.7. The number of hydrogen-bond acceptors (Lipinski definition) is 2. The zero-order chi connectivity index (χ0) is 14.1. The Morgan fingerprint density at radius 2 is 1.37 bits per heavy atom. The van der Waals surface area contributed by atoms with Gasteiger partial charge in [0.2, 0.25) is 0 Å². The first-order chi connectivity index (χ1) is 9.19. The van der Waals surface area contributed by atoms with Gasteiger partial charge in [0.1, 0.15) is 11.4 Å². The van der Waals surface area contributed by atoms with Gasteiger partial charge >= 0.3 is 0 Å². The Bertz CT molecular complexity index is 376. The highest BCUT2D eigenvalue weighted by Gasteiger charge is 2.11. The van der Waals surface area contributed by atoms with Gasteiger partial charge in [0.05, 0.1) is 0 Å². The number of unbranched alkanes of at least 4 members (excludes halogenated alkanes) is 2. The molecule has 0 aliphatic rings. The van der Waals surface area contributed by atoms with Crippen molar-refractivity contribution in [1.29, 1.82) is 0 Å². The highest BCUT2D eigenvalue weighted by Crippen LogP contribution is 2.02. The molecule has 106 valence electrons. The molecule has 5 heteroatoms. The molecule has 0 saturated carbocycles. The lowest BCUT2D eigenvalue weighted by molar-refractivity contribution is 0.0947. The Hall–Kier alpha value is -1.78. The normalized spacial score (nSPS) is 10.2. The minimum absolute atomic E-state index is 0.166. The molecule has 2 amide bonds. The van der Waals surface area contributed by atoms with Gasteiger partial charge in [-0.05, 0) is 25.0 Å². The number of aromatic amines is 1. The summed E-state index contributed by atoms with van der Waals surface area (Å²) in [5.74, 6) is -0.331. The van der Waals surface area contributed by atoms with Crippen LogP contribution in [0.1, 0.15) is 60.5 Å². The number of hydrogen-bond donors (Lipinski definition) is 3. The third-order valence-corrected chi connectivity index (χ3v) is 2.81.